The molecule has 0 bridgehead atoms. The molecule has 0 fully saturated rings. The summed E-state index contributed by atoms with van der Waals surface area (Å²) < 4.78 is 13.8. The molecule has 2 rings (SSSR count). The summed E-state index contributed by atoms with van der Waals surface area (Å²) in [7, 11) is 0. The number of hydrogen-bond donors (Lipinski definition) is 1. The second-order valence-electron chi connectivity index (χ2n) is 5.73. The van der Waals surface area contributed by atoms with E-state index in [4.69, 9.17) is 0 Å². The van der Waals surface area contributed by atoms with Crippen LogP contribution in [-0.2, 0) is 0 Å². The number of carbonyl (C=O) groups excluding carboxylic acids is 1. The lowest BCUT2D eigenvalue weighted by atomic mass is 9.97. The summed E-state index contributed by atoms with van der Waals surface area (Å²) in [6, 6.07) is 9.96. The molecule has 1 N–H and O–H groups in total. The molecule has 0 unspecified atom stereocenters. The highest BCUT2D eigenvalue weighted by Crippen LogP contribution is 2.22. The van der Waals surface area contributed by atoms with Crippen LogP contribution in [0.15, 0.2) is 36.4 Å². The van der Waals surface area contributed by atoms with Crippen LogP contribution in [0.25, 0.3) is 10.8 Å². The number of amides is 1. The second-order valence-corrected chi connectivity index (χ2v) is 5.73. The van der Waals surface area contributed by atoms with Crippen molar-refractivity contribution in [2.45, 2.75) is 39.2 Å². The van der Waals surface area contributed by atoms with Crippen molar-refractivity contribution < 1.29 is 9.18 Å². The van der Waals surface area contributed by atoms with Gasteiger partial charge < -0.3 is 5.32 Å². The molecular formula is C17H20FNO. The molecule has 2 aromatic carbocycles. The van der Waals surface area contributed by atoms with Gasteiger partial charge in [0, 0.05) is 16.5 Å². The fourth-order valence-electron chi connectivity index (χ4n) is 2.52. The Hall–Kier alpha value is -1.90. The van der Waals surface area contributed by atoms with E-state index in [1.807, 2.05) is 19.9 Å². The molecule has 20 heavy (non-hydrogen) atoms. The molecule has 0 aliphatic heterocycles. The van der Waals surface area contributed by atoms with Gasteiger partial charge in [-0.1, -0.05) is 37.6 Å². The molecule has 3 heteroatoms. The van der Waals surface area contributed by atoms with Crippen molar-refractivity contribution >= 4 is 16.7 Å². The number of benzene rings is 2. The maximum atomic E-state index is 13.8. The van der Waals surface area contributed by atoms with Gasteiger partial charge >= 0.3 is 0 Å². The Morgan fingerprint density at radius 3 is 2.45 bits per heavy atom. The van der Waals surface area contributed by atoms with Crippen molar-refractivity contribution in [2.24, 2.45) is 0 Å². The summed E-state index contributed by atoms with van der Waals surface area (Å²) in [6.45, 7) is 6.08. The van der Waals surface area contributed by atoms with E-state index in [9.17, 15) is 9.18 Å². The van der Waals surface area contributed by atoms with Crippen molar-refractivity contribution in [1.29, 1.82) is 0 Å². The zero-order valence-corrected chi connectivity index (χ0v) is 12.2. The van der Waals surface area contributed by atoms with Crippen LogP contribution in [0.5, 0.6) is 0 Å². The molecule has 2 aromatic rings. The van der Waals surface area contributed by atoms with Crippen LogP contribution in [-0.4, -0.2) is 11.4 Å². The quantitative estimate of drug-likeness (QED) is 0.884. The largest absolute Gasteiger partial charge is 0.347 e. The topological polar surface area (TPSA) is 29.1 Å². The summed E-state index contributed by atoms with van der Waals surface area (Å²) in [4.78, 5) is 12.4. The Balaban J connectivity index is 2.38. The van der Waals surface area contributed by atoms with Gasteiger partial charge in [-0.3, -0.25) is 4.79 Å². The van der Waals surface area contributed by atoms with E-state index >= 15 is 0 Å². The third kappa shape index (κ3) is 2.98. The first-order valence-corrected chi connectivity index (χ1v) is 6.94. The first-order valence-electron chi connectivity index (χ1n) is 6.94. The number of rotatable bonds is 4. The molecule has 0 saturated carbocycles. The molecule has 0 aliphatic rings. The maximum Gasteiger partial charge on any atom is 0.252 e. The Morgan fingerprint density at radius 1 is 1.15 bits per heavy atom. The molecule has 2 nitrogen and oxygen atoms in total. The Morgan fingerprint density at radius 2 is 1.80 bits per heavy atom. The molecule has 0 aromatic heterocycles. The van der Waals surface area contributed by atoms with Gasteiger partial charge in [0.05, 0.1) is 0 Å². The first kappa shape index (κ1) is 14.5. The van der Waals surface area contributed by atoms with E-state index in [0.717, 1.165) is 12.8 Å². The zero-order chi connectivity index (χ0) is 14.8. The minimum atomic E-state index is -0.301. The fourth-order valence-corrected chi connectivity index (χ4v) is 2.52. The van der Waals surface area contributed by atoms with Crippen molar-refractivity contribution in [3.05, 3.63) is 47.8 Å². The highest BCUT2D eigenvalue weighted by atomic mass is 19.1. The molecule has 0 spiro atoms. The van der Waals surface area contributed by atoms with Crippen molar-refractivity contribution in [2.75, 3.05) is 0 Å². The van der Waals surface area contributed by atoms with E-state index < -0.39 is 0 Å². The first-order chi connectivity index (χ1) is 9.44. The van der Waals surface area contributed by atoms with Gasteiger partial charge in [0.1, 0.15) is 5.82 Å². The highest BCUT2D eigenvalue weighted by molar-refractivity contribution is 6.07. The third-order valence-corrected chi connectivity index (χ3v) is 3.44. The van der Waals surface area contributed by atoms with E-state index in [1.54, 1.807) is 24.3 Å². The number of fused-ring (bicyclic) bond motifs is 1. The summed E-state index contributed by atoms with van der Waals surface area (Å²) >= 11 is 0. The Kier molecular flexibility index (Phi) is 4.07. The fraction of sp³-hybridized carbons (Fsp3) is 0.353. The minimum Gasteiger partial charge on any atom is -0.347 e. The minimum absolute atomic E-state index is 0.153. The van der Waals surface area contributed by atoms with Crippen LogP contribution in [0, 0.1) is 5.82 Å². The molecule has 0 radical (unpaired) electrons. The third-order valence-electron chi connectivity index (χ3n) is 3.44. The summed E-state index contributed by atoms with van der Waals surface area (Å²) in [5, 5.41) is 4.15. The number of nitrogens with one attached hydrogen (secondary N) is 1. The van der Waals surface area contributed by atoms with E-state index in [0.29, 0.717) is 16.3 Å². The van der Waals surface area contributed by atoms with Gasteiger partial charge in [-0.25, -0.2) is 4.39 Å². The summed E-state index contributed by atoms with van der Waals surface area (Å²) in [5.74, 6) is -0.454. The summed E-state index contributed by atoms with van der Waals surface area (Å²) in [5.41, 5.74) is 0.257. The zero-order valence-electron chi connectivity index (χ0n) is 12.2. The molecular weight excluding hydrogens is 253 g/mol. The second kappa shape index (κ2) is 5.61. The van der Waals surface area contributed by atoms with E-state index in [-0.39, 0.29) is 17.3 Å². The average molecular weight is 273 g/mol. The normalized spacial score (nSPS) is 11.6. The van der Waals surface area contributed by atoms with Gasteiger partial charge in [-0.05, 0) is 37.8 Å². The number of halogens is 1. The van der Waals surface area contributed by atoms with Crippen molar-refractivity contribution in [3.63, 3.8) is 0 Å². The van der Waals surface area contributed by atoms with Gasteiger partial charge in [-0.15, -0.1) is 0 Å². The Bertz CT molecular complexity index is 634. The van der Waals surface area contributed by atoms with E-state index in [1.165, 1.54) is 6.07 Å². The van der Waals surface area contributed by atoms with Crippen LogP contribution in [0.4, 0.5) is 4.39 Å². The van der Waals surface area contributed by atoms with Crippen molar-refractivity contribution in [3.8, 4) is 0 Å². The molecule has 0 saturated heterocycles. The molecule has 0 aliphatic carbocycles. The van der Waals surface area contributed by atoms with Crippen LogP contribution in [0.3, 0.4) is 0 Å². The van der Waals surface area contributed by atoms with Gasteiger partial charge in [0.2, 0.25) is 0 Å². The monoisotopic (exact) mass is 273 g/mol. The summed E-state index contributed by atoms with van der Waals surface area (Å²) in [6.07, 6.45) is 1.90. The standard InChI is InChI=1S/C17H20FNO/c1-4-11-17(2,3)19-16(20)14-9-10-15(18)13-8-6-5-7-12(13)14/h5-10H,4,11H2,1-3H3,(H,19,20). The number of hydrogen-bond acceptors (Lipinski definition) is 1. The van der Waals surface area contributed by atoms with Crippen LogP contribution >= 0.6 is 0 Å². The predicted molar refractivity (Wildman–Crippen MR) is 80.4 cm³/mol. The predicted octanol–water partition coefficient (Wildman–Crippen LogP) is 4.29. The number of carbonyl (C=O) groups is 1. The lowest BCUT2D eigenvalue weighted by Gasteiger charge is -2.26. The van der Waals surface area contributed by atoms with Gasteiger partial charge in [0.15, 0.2) is 0 Å². The molecule has 1 amide bonds. The average Bonchev–Trinajstić information content (AvgIpc) is 2.38. The Labute approximate surface area is 119 Å². The van der Waals surface area contributed by atoms with Crippen LogP contribution in [0.1, 0.15) is 44.0 Å². The lowest BCUT2D eigenvalue weighted by Crippen LogP contribution is -2.43. The van der Waals surface area contributed by atoms with Crippen LogP contribution < -0.4 is 5.32 Å². The van der Waals surface area contributed by atoms with Crippen LogP contribution in [0.2, 0.25) is 0 Å². The highest BCUT2D eigenvalue weighted by Gasteiger charge is 2.21. The molecule has 106 valence electrons. The van der Waals surface area contributed by atoms with Gasteiger partial charge in [-0.2, -0.15) is 0 Å². The van der Waals surface area contributed by atoms with Crippen molar-refractivity contribution in [1.82, 2.24) is 5.32 Å². The smallest absolute Gasteiger partial charge is 0.252 e. The lowest BCUT2D eigenvalue weighted by molar-refractivity contribution is 0.0910. The molecule has 0 atom stereocenters. The van der Waals surface area contributed by atoms with Gasteiger partial charge in [0.25, 0.3) is 5.91 Å². The van der Waals surface area contributed by atoms with E-state index in [2.05, 4.69) is 12.2 Å². The maximum absolute atomic E-state index is 13.8. The SMILES string of the molecule is CCCC(C)(C)NC(=O)c1ccc(F)c2ccccc12. The molecule has 0 heterocycles.